The maximum atomic E-state index is 12.3. The van der Waals surface area contributed by atoms with Crippen molar-refractivity contribution in [3.05, 3.63) is 41.4 Å². The van der Waals surface area contributed by atoms with Crippen molar-refractivity contribution in [2.45, 2.75) is 9.79 Å². The normalized spacial score (nSPS) is 11.4. The molecule has 7 heteroatoms. The molecule has 0 amide bonds. The number of para-hydroxylation sites is 1. The molecule has 0 saturated carbocycles. The van der Waals surface area contributed by atoms with Crippen LogP contribution in [0.25, 0.3) is 0 Å². The highest BCUT2D eigenvalue weighted by Gasteiger charge is 2.23. The highest BCUT2D eigenvalue weighted by Crippen LogP contribution is 2.36. The Labute approximate surface area is 114 Å². The molecule has 100 valence electrons. The fourth-order valence-electron chi connectivity index (χ4n) is 1.51. The second kappa shape index (κ2) is 4.64. The molecule has 2 aromatic rings. The van der Waals surface area contributed by atoms with Crippen molar-refractivity contribution >= 4 is 21.4 Å². The molecule has 0 atom stereocenters. The first-order valence-electron chi connectivity index (χ1n) is 5.08. The van der Waals surface area contributed by atoms with E-state index in [1.807, 2.05) is 0 Å². The molecule has 0 heterocycles. The second-order valence-electron chi connectivity index (χ2n) is 3.74. The number of phenolic OH excluding ortho intramolecular Hbond substituents is 3. The number of aromatic hydroxyl groups is 3. The number of hydrogen-bond donors (Lipinski definition) is 3. The summed E-state index contributed by atoms with van der Waals surface area (Å²) in [6.07, 6.45) is 0. The van der Waals surface area contributed by atoms with Crippen LogP contribution in [-0.4, -0.2) is 23.7 Å². The molecule has 0 unspecified atom stereocenters. The molecule has 0 fully saturated rings. The first-order valence-corrected chi connectivity index (χ1v) is 6.94. The van der Waals surface area contributed by atoms with Crippen molar-refractivity contribution in [1.82, 2.24) is 0 Å². The van der Waals surface area contributed by atoms with Gasteiger partial charge in [0.05, 0.1) is 9.92 Å². The van der Waals surface area contributed by atoms with E-state index < -0.39 is 26.2 Å². The van der Waals surface area contributed by atoms with Crippen molar-refractivity contribution < 1.29 is 23.7 Å². The minimum absolute atomic E-state index is 0.124. The van der Waals surface area contributed by atoms with Gasteiger partial charge < -0.3 is 15.3 Å². The fourth-order valence-corrected chi connectivity index (χ4v) is 3.15. The van der Waals surface area contributed by atoms with Crippen LogP contribution in [0.2, 0.25) is 5.02 Å². The molecule has 0 radical (unpaired) electrons. The fraction of sp³-hybridized carbons (Fsp3) is 0. The summed E-state index contributed by atoms with van der Waals surface area (Å²) in [7, 11) is -4.04. The second-order valence-corrected chi connectivity index (χ2v) is 6.07. The highest BCUT2D eigenvalue weighted by molar-refractivity contribution is 7.91. The van der Waals surface area contributed by atoms with Crippen molar-refractivity contribution in [3.8, 4) is 17.2 Å². The van der Waals surface area contributed by atoms with Gasteiger partial charge in [-0.05, 0) is 30.3 Å². The molecule has 5 nitrogen and oxygen atoms in total. The molecule has 0 aromatic heterocycles. The number of halogens is 1. The molecule has 0 aliphatic rings. The van der Waals surface area contributed by atoms with E-state index >= 15 is 0 Å². The third-order valence-corrected chi connectivity index (χ3v) is 4.58. The van der Waals surface area contributed by atoms with E-state index in [4.69, 9.17) is 11.6 Å². The minimum Gasteiger partial charge on any atom is -0.506 e. The lowest BCUT2D eigenvalue weighted by atomic mass is 10.3. The van der Waals surface area contributed by atoms with Gasteiger partial charge in [-0.15, -0.1) is 0 Å². The largest absolute Gasteiger partial charge is 0.506 e. The summed E-state index contributed by atoms with van der Waals surface area (Å²) in [5.74, 6) is -1.52. The maximum Gasteiger partial charge on any atom is 0.210 e. The Balaban J connectivity index is 2.65. The van der Waals surface area contributed by atoms with Crippen molar-refractivity contribution in [3.63, 3.8) is 0 Å². The third-order valence-electron chi connectivity index (χ3n) is 2.50. The maximum absolute atomic E-state index is 12.3. The van der Waals surface area contributed by atoms with Gasteiger partial charge in [-0.1, -0.05) is 17.7 Å². The van der Waals surface area contributed by atoms with E-state index in [1.54, 1.807) is 0 Å². The third kappa shape index (κ3) is 2.32. The summed E-state index contributed by atoms with van der Waals surface area (Å²) in [4.78, 5) is -0.634. The molecule has 0 aliphatic carbocycles. The number of hydrogen-bond acceptors (Lipinski definition) is 5. The number of phenols is 3. The van der Waals surface area contributed by atoms with Gasteiger partial charge in [-0.25, -0.2) is 8.42 Å². The quantitative estimate of drug-likeness (QED) is 0.740. The SMILES string of the molecule is O=S(=O)(c1ccc(O)c(Cl)c1)c1cccc(O)c1O. The molecule has 3 N–H and O–H groups in total. The van der Waals surface area contributed by atoms with E-state index in [1.165, 1.54) is 6.07 Å². The number of sulfone groups is 1. The first kappa shape index (κ1) is 13.5. The van der Waals surface area contributed by atoms with Gasteiger partial charge in [0.15, 0.2) is 11.5 Å². The molecular formula is C12H9ClO5S. The van der Waals surface area contributed by atoms with Crippen molar-refractivity contribution in [2.75, 3.05) is 0 Å². The number of rotatable bonds is 2. The molecule has 0 aliphatic heterocycles. The standard InChI is InChI=1S/C12H9ClO5S/c13-8-6-7(4-5-9(8)14)19(17,18)11-3-1-2-10(15)12(11)16/h1-6,14-16H. The summed E-state index contributed by atoms with van der Waals surface area (Å²) >= 11 is 5.65. The van der Waals surface area contributed by atoms with Gasteiger partial charge in [0.1, 0.15) is 10.6 Å². The molecule has 19 heavy (non-hydrogen) atoms. The topological polar surface area (TPSA) is 94.8 Å². The Kier molecular flexibility index (Phi) is 3.30. The van der Waals surface area contributed by atoms with Crippen LogP contribution in [0.1, 0.15) is 0 Å². The predicted molar refractivity (Wildman–Crippen MR) is 68.3 cm³/mol. The number of benzene rings is 2. The Morgan fingerprint density at radius 3 is 2.26 bits per heavy atom. The zero-order chi connectivity index (χ0) is 14.2. The first-order chi connectivity index (χ1) is 8.84. The Hall–Kier alpha value is -1.92. The van der Waals surface area contributed by atoms with Crippen LogP contribution in [0.15, 0.2) is 46.2 Å². The molecule has 2 aromatic carbocycles. The van der Waals surface area contributed by atoms with Crippen molar-refractivity contribution in [2.24, 2.45) is 0 Å². The van der Waals surface area contributed by atoms with Gasteiger partial charge in [0.2, 0.25) is 9.84 Å². The van der Waals surface area contributed by atoms with Crippen LogP contribution in [-0.2, 0) is 9.84 Å². The van der Waals surface area contributed by atoms with E-state index in [0.717, 1.165) is 30.3 Å². The summed E-state index contributed by atoms with van der Waals surface area (Å²) in [6.45, 7) is 0. The van der Waals surface area contributed by atoms with Crippen LogP contribution < -0.4 is 0 Å². The van der Waals surface area contributed by atoms with Gasteiger partial charge >= 0.3 is 0 Å². The van der Waals surface area contributed by atoms with Crippen molar-refractivity contribution in [1.29, 1.82) is 0 Å². The van der Waals surface area contributed by atoms with Gasteiger partial charge in [-0.2, -0.15) is 0 Å². The van der Waals surface area contributed by atoms with Crippen LogP contribution in [0, 0.1) is 0 Å². The van der Waals surface area contributed by atoms with Gasteiger partial charge in [0, 0.05) is 0 Å². The lowest BCUT2D eigenvalue weighted by molar-refractivity contribution is 0.393. The lowest BCUT2D eigenvalue weighted by Crippen LogP contribution is -2.02. The summed E-state index contributed by atoms with van der Waals surface area (Å²) < 4.78 is 24.5. The van der Waals surface area contributed by atoms with Crippen LogP contribution in [0.4, 0.5) is 0 Å². The minimum atomic E-state index is -4.04. The van der Waals surface area contributed by atoms with Crippen LogP contribution in [0.3, 0.4) is 0 Å². The molecule has 0 bridgehead atoms. The average molecular weight is 301 g/mol. The van der Waals surface area contributed by atoms with E-state index in [0.29, 0.717) is 0 Å². The monoisotopic (exact) mass is 300 g/mol. The van der Waals surface area contributed by atoms with Gasteiger partial charge in [0.25, 0.3) is 0 Å². The lowest BCUT2D eigenvalue weighted by Gasteiger charge is -2.08. The van der Waals surface area contributed by atoms with E-state index in [-0.39, 0.29) is 15.7 Å². The zero-order valence-corrected chi connectivity index (χ0v) is 11.0. The van der Waals surface area contributed by atoms with Crippen LogP contribution >= 0.6 is 11.6 Å². The Morgan fingerprint density at radius 1 is 0.947 bits per heavy atom. The molecule has 0 saturated heterocycles. The van der Waals surface area contributed by atoms with E-state index in [2.05, 4.69) is 0 Å². The average Bonchev–Trinajstić information content (AvgIpc) is 2.35. The molecular weight excluding hydrogens is 292 g/mol. The van der Waals surface area contributed by atoms with Gasteiger partial charge in [-0.3, -0.25) is 0 Å². The summed E-state index contributed by atoms with van der Waals surface area (Å²) in [5.41, 5.74) is 0. The predicted octanol–water partition coefficient (Wildman–Crippen LogP) is 2.29. The molecule has 0 spiro atoms. The zero-order valence-electron chi connectivity index (χ0n) is 9.41. The van der Waals surface area contributed by atoms with Crippen LogP contribution in [0.5, 0.6) is 17.2 Å². The smallest absolute Gasteiger partial charge is 0.210 e. The van der Waals surface area contributed by atoms with E-state index in [9.17, 15) is 23.7 Å². The Morgan fingerprint density at radius 2 is 1.63 bits per heavy atom. The molecule has 2 rings (SSSR count). The highest BCUT2D eigenvalue weighted by atomic mass is 35.5. The Bertz CT molecular complexity index is 740. The summed E-state index contributed by atoms with van der Waals surface area (Å²) in [5, 5.41) is 28.1. The summed E-state index contributed by atoms with van der Waals surface area (Å²) in [6, 6.07) is 6.97.